The number of hydrogen-bond acceptors (Lipinski definition) is 3. The van der Waals surface area contributed by atoms with Gasteiger partial charge in [-0.3, -0.25) is 4.68 Å². The Morgan fingerprint density at radius 2 is 2.21 bits per heavy atom. The largest absolute Gasteiger partial charge is 0.315 e. The van der Waals surface area contributed by atoms with Crippen LogP contribution in [0.5, 0.6) is 0 Å². The van der Waals surface area contributed by atoms with E-state index >= 15 is 0 Å². The molecular formula is C10H20N4. The summed E-state index contributed by atoms with van der Waals surface area (Å²) in [5.74, 6) is 0. The van der Waals surface area contributed by atoms with Gasteiger partial charge in [-0.1, -0.05) is 0 Å². The zero-order valence-electron chi connectivity index (χ0n) is 9.32. The lowest BCUT2D eigenvalue weighted by Crippen LogP contribution is -2.28. The maximum atomic E-state index is 4.31. The summed E-state index contributed by atoms with van der Waals surface area (Å²) in [5.41, 5.74) is 1.16. The van der Waals surface area contributed by atoms with Crippen LogP contribution in [-0.2, 0) is 13.5 Å². The van der Waals surface area contributed by atoms with Crippen LogP contribution in [-0.4, -0.2) is 48.4 Å². The molecule has 0 fully saturated rings. The van der Waals surface area contributed by atoms with E-state index in [1.54, 1.807) is 0 Å². The molecule has 0 aliphatic rings. The standard InChI is InChI=1S/C10H20N4/c1-13(2)9-7-11-6-4-10-5-8-14(3)12-10/h5,8,11H,4,6-7,9H2,1-3H3. The fourth-order valence-electron chi connectivity index (χ4n) is 1.24. The summed E-state index contributed by atoms with van der Waals surface area (Å²) >= 11 is 0. The molecule has 0 atom stereocenters. The highest BCUT2D eigenvalue weighted by Crippen LogP contribution is 1.93. The Kier molecular flexibility index (Phi) is 4.62. The summed E-state index contributed by atoms with van der Waals surface area (Å²) in [6.07, 6.45) is 2.99. The molecule has 1 rings (SSSR count). The number of nitrogens with zero attached hydrogens (tertiary/aromatic N) is 3. The van der Waals surface area contributed by atoms with Gasteiger partial charge in [0.15, 0.2) is 0 Å². The molecule has 0 saturated carbocycles. The number of rotatable bonds is 6. The van der Waals surface area contributed by atoms with Crippen LogP contribution in [0.2, 0.25) is 0 Å². The van der Waals surface area contributed by atoms with Crippen LogP contribution in [0.4, 0.5) is 0 Å². The van der Waals surface area contributed by atoms with Crippen LogP contribution < -0.4 is 5.32 Å². The minimum atomic E-state index is 1.00. The number of likely N-dealkylation sites (N-methyl/N-ethyl adjacent to an activating group) is 1. The van der Waals surface area contributed by atoms with Crippen molar-refractivity contribution in [3.8, 4) is 0 Å². The zero-order chi connectivity index (χ0) is 10.4. The monoisotopic (exact) mass is 196 g/mol. The Balaban J connectivity index is 2.04. The summed E-state index contributed by atoms with van der Waals surface area (Å²) in [6, 6.07) is 2.06. The number of aromatic nitrogens is 2. The van der Waals surface area contributed by atoms with E-state index in [9.17, 15) is 0 Å². The Morgan fingerprint density at radius 1 is 1.43 bits per heavy atom. The topological polar surface area (TPSA) is 33.1 Å². The molecule has 4 nitrogen and oxygen atoms in total. The smallest absolute Gasteiger partial charge is 0.0637 e. The van der Waals surface area contributed by atoms with Crippen LogP contribution in [0.25, 0.3) is 0 Å². The molecule has 0 aromatic carbocycles. The maximum absolute atomic E-state index is 4.31. The summed E-state index contributed by atoms with van der Waals surface area (Å²) < 4.78 is 1.84. The van der Waals surface area contributed by atoms with Crippen LogP contribution >= 0.6 is 0 Å². The predicted octanol–water partition coefficient (Wildman–Crippen LogP) is 0.114. The lowest BCUT2D eigenvalue weighted by Gasteiger charge is -2.09. The van der Waals surface area contributed by atoms with Crippen molar-refractivity contribution >= 4 is 0 Å². The molecule has 0 aliphatic heterocycles. The lowest BCUT2D eigenvalue weighted by atomic mass is 10.3. The third-order valence-corrected chi connectivity index (χ3v) is 2.06. The average molecular weight is 196 g/mol. The molecule has 0 amide bonds. The van der Waals surface area contributed by atoms with Crippen LogP contribution in [0.1, 0.15) is 5.69 Å². The minimum absolute atomic E-state index is 1.00. The molecule has 0 aliphatic carbocycles. The molecule has 0 saturated heterocycles. The molecule has 0 bridgehead atoms. The van der Waals surface area contributed by atoms with Gasteiger partial charge in [0.2, 0.25) is 0 Å². The average Bonchev–Trinajstić information content (AvgIpc) is 2.50. The van der Waals surface area contributed by atoms with Gasteiger partial charge in [0, 0.05) is 39.3 Å². The fourth-order valence-corrected chi connectivity index (χ4v) is 1.24. The molecule has 4 heteroatoms. The molecule has 0 spiro atoms. The van der Waals surface area contributed by atoms with Crippen LogP contribution in [0, 0.1) is 0 Å². The second-order valence-electron chi connectivity index (χ2n) is 3.78. The SMILES string of the molecule is CN(C)CCNCCc1ccn(C)n1. The highest BCUT2D eigenvalue weighted by Gasteiger charge is 1.96. The second kappa shape index (κ2) is 5.78. The molecule has 0 radical (unpaired) electrons. The van der Waals surface area contributed by atoms with Crippen molar-refractivity contribution in [2.45, 2.75) is 6.42 Å². The summed E-state index contributed by atoms with van der Waals surface area (Å²) in [5, 5.41) is 7.69. The van der Waals surface area contributed by atoms with Crippen LogP contribution in [0.3, 0.4) is 0 Å². The van der Waals surface area contributed by atoms with Gasteiger partial charge >= 0.3 is 0 Å². The normalized spacial score (nSPS) is 11.1. The third-order valence-electron chi connectivity index (χ3n) is 2.06. The summed E-state index contributed by atoms with van der Waals surface area (Å²) in [7, 11) is 6.11. The van der Waals surface area contributed by atoms with Crippen molar-refractivity contribution < 1.29 is 0 Å². The molecule has 0 unspecified atom stereocenters. The molecular weight excluding hydrogens is 176 g/mol. The van der Waals surface area contributed by atoms with Gasteiger partial charge in [0.1, 0.15) is 0 Å². The molecule has 80 valence electrons. The van der Waals surface area contributed by atoms with Gasteiger partial charge in [-0.05, 0) is 20.2 Å². The van der Waals surface area contributed by atoms with E-state index in [0.29, 0.717) is 0 Å². The van der Waals surface area contributed by atoms with Crippen molar-refractivity contribution in [1.29, 1.82) is 0 Å². The predicted molar refractivity (Wildman–Crippen MR) is 58.3 cm³/mol. The molecule has 1 aromatic rings. The highest BCUT2D eigenvalue weighted by molar-refractivity contribution is 4.98. The van der Waals surface area contributed by atoms with Gasteiger partial charge in [0.05, 0.1) is 5.69 Å². The van der Waals surface area contributed by atoms with Gasteiger partial charge in [-0.15, -0.1) is 0 Å². The Morgan fingerprint density at radius 3 is 2.79 bits per heavy atom. The molecule has 14 heavy (non-hydrogen) atoms. The van der Waals surface area contributed by atoms with Gasteiger partial charge < -0.3 is 10.2 Å². The van der Waals surface area contributed by atoms with Crippen molar-refractivity contribution in [1.82, 2.24) is 20.0 Å². The first-order chi connectivity index (χ1) is 6.68. The summed E-state index contributed by atoms with van der Waals surface area (Å²) in [4.78, 5) is 2.17. The first kappa shape index (κ1) is 11.2. The van der Waals surface area contributed by atoms with Crippen LogP contribution in [0.15, 0.2) is 12.3 Å². The molecule has 1 aromatic heterocycles. The third kappa shape index (κ3) is 4.39. The number of hydrogen-bond donors (Lipinski definition) is 1. The van der Waals surface area contributed by atoms with Crippen molar-refractivity contribution in [2.24, 2.45) is 7.05 Å². The van der Waals surface area contributed by atoms with Crippen molar-refractivity contribution in [2.75, 3.05) is 33.7 Å². The van der Waals surface area contributed by atoms with E-state index in [4.69, 9.17) is 0 Å². The quantitative estimate of drug-likeness (QED) is 0.656. The summed E-state index contributed by atoms with van der Waals surface area (Å²) in [6.45, 7) is 3.13. The molecule has 1 heterocycles. The lowest BCUT2D eigenvalue weighted by molar-refractivity contribution is 0.401. The van der Waals surface area contributed by atoms with E-state index in [1.165, 1.54) is 0 Å². The number of nitrogens with one attached hydrogen (secondary N) is 1. The van der Waals surface area contributed by atoms with Gasteiger partial charge in [-0.2, -0.15) is 5.10 Å². The Labute approximate surface area is 85.9 Å². The van der Waals surface area contributed by atoms with E-state index < -0.39 is 0 Å². The van der Waals surface area contributed by atoms with E-state index in [0.717, 1.165) is 31.7 Å². The first-order valence-electron chi connectivity index (χ1n) is 5.02. The van der Waals surface area contributed by atoms with E-state index in [1.807, 2.05) is 17.9 Å². The van der Waals surface area contributed by atoms with Gasteiger partial charge in [-0.25, -0.2) is 0 Å². The zero-order valence-corrected chi connectivity index (χ0v) is 9.32. The van der Waals surface area contributed by atoms with E-state index in [-0.39, 0.29) is 0 Å². The van der Waals surface area contributed by atoms with Crippen molar-refractivity contribution in [3.05, 3.63) is 18.0 Å². The minimum Gasteiger partial charge on any atom is -0.315 e. The maximum Gasteiger partial charge on any atom is 0.0637 e. The highest BCUT2D eigenvalue weighted by atomic mass is 15.2. The first-order valence-corrected chi connectivity index (χ1v) is 5.02. The van der Waals surface area contributed by atoms with Gasteiger partial charge in [0.25, 0.3) is 0 Å². The molecule has 1 N–H and O–H groups in total. The fraction of sp³-hybridized carbons (Fsp3) is 0.700. The van der Waals surface area contributed by atoms with Crippen molar-refractivity contribution in [3.63, 3.8) is 0 Å². The Bertz CT molecular complexity index is 254. The van der Waals surface area contributed by atoms with E-state index in [2.05, 4.69) is 35.5 Å². The Hall–Kier alpha value is -0.870. The number of aryl methyl sites for hydroxylation is 1. The second-order valence-corrected chi connectivity index (χ2v) is 3.78.